The van der Waals surface area contributed by atoms with Crippen LogP contribution in [0.1, 0.15) is 44.2 Å². The van der Waals surface area contributed by atoms with Crippen LogP contribution < -0.4 is 0 Å². The molecule has 0 N–H and O–H groups in total. The maximum atomic E-state index is 12.3. The Kier molecular flexibility index (Phi) is 3.13. The van der Waals surface area contributed by atoms with Crippen molar-refractivity contribution in [2.45, 2.75) is 44.7 Å². The number of amides is 1. The first-order chi connectivity index (χ1) is 9.16. The van der Waals surface area contributed by atoms with Gasteiger partial charge in [0.2, 0.25) is 5.91 Å². The molecular weight excluding hydrogens is 238 g/mol. The number of ketones is 1. The maximum absolute atomic E-state index is 12.3. The number of nitrogens with zero attached hydrogens (tertiary/aromatic N) is 1. The molecule has 1 heterocycles. The number of carbonyl (C=O) groups excluding carboxylic acids is 2. The number of piperidine rings is 1. The molecule has 3 rings (SSSR count). The van der Waals surface area contributed by atoms with E-state index < -0.39 is 0 Å². The summed E-state index contributed by atoms with van der Waals surface area (Å²) in [6, 6.07) is 10.5. The van der Waals surface area contributed by atoms with Gasteiger partial charge in [-0.15, -0.1) is 0 Å². The monoisotopic (exact) mass is 257 g/mol. The fourth-order valence-corrected chi connectivity index (χ4v) is 3.48. The lowest BCUT2D eigenvalue weighted by atomic mass is 9.77. The standard InChI is InChI=1S/C16H19NO2/c1-11(12-5-3-2-4-6-12)17-14-7-8-15(18)13(9-14)10-16(17)19/h2-6,11,13-14H,7-10H2,1H3/t11-,13+,14-/m0/s1. The molecule has 0 aromatic heterocycles. The minimum Gasteiger partial charge on any atom is -0.333 e. The molecule has 0 spiro atoms. The Morgan fingerprint density at radius 1 is 1.21 bits per heavy atom. The van der Waals surface area contributed by atoms with Crippen molar-refractivity contribution in [1.29, 1.82) is 0 Å². The fraction of sp³-hybridized carbons (Fsp3) is 0.500. The Hall–Kier alpha value is -1.64. The summed E-state index contributed by atoms with van der Waals surface area (Å²) >= 11 is 0. The van der Waals surface area contributed by atoms with E-state index in [1.54, 1.807) is 0 Å². The molecule has 1 aromatic rings. The third kappa shape index (κ3) is 2.18. The Balaban J connectivity index is 1.84. The summed E-state index contributed by atoms with van der Waals surface area (Å²) in [5, 5.41) is 0. The summed E-state index contributed by atoms with van der Waals surface area (Å²) in [6.45, 7) is 2.09. The van der Waals surface area contributed by atoms with Crippen molar-refractivity contribution in [2.24, 2.45) is 5.92 Å². The van der Waals surface area contributed by atoms with E-state index in [2.05, 4.69) is 19.1 Å². The van der Waals surface area contributed by atoms with E-state index in [1.807, 2.05) is 23.1 Å². The van der Waals surface area contributed by atoms with Crippen LogP contribution in [0.3, 0.4) is 0 Å². The van der Waals surface area contributed by atoms with Gasteiger partial charge in [0.15, 0.2) is 0 Å². The Bertz CT molecular complexity index is 497. The zero-order chi connectivity index (χ0) is 13.4. The van der Waals surface area contributed by atoms with E-state index in [4.69, 9.17) is 0 Å². The van der Waals surface area contributed by atoms with Gasteiger partial charge in [-0.25, -0.2) is 0 Å². The van der Waals surface area contributed by atoms with Crippen molar-refractivity contribution in [1.82, 2.24) is 4.90 Å². The van der Waals surface area contributed by atoms with Crippen LogP contribution in [-0.2, 0) is 9.59 Å². The summed E-state index contributed by atoms with van der Waals surface area (Å²) in [7, 11) is 0. The lowest BCUT2D eigenvalue weighted by Crippen LogP contribution is -2.51. The van der Waals surface area contributed by atoms with Crippen LogP contribution in [0.4, 0.5) is 0 Å². The van der Waals surface area contributed by atoms with Gasteiger partial charge < -0.3 is 4.90 Å². The first kappa shape index (κ1) is 12.4. The molecule has 3 nitrogen and oxygen atoms in total. The van der Waals surface area contributed by atoms with Crippen LogP contribution >= 0.6 is 0 Å². The first-order valence-electron chi connectivity index (χ1n) is 7.05. The number of hydrogen-bond donors (Lipinski definition) is 0. The SMILES string of the molecule is C[C@@H](c1ccccc1)N1C(=O)C[C@H]2C[C@@H]1CCC2=O. The second-order valence-corrected chi connectivity index (χ2v) is 5.68. The summed E-state index contributed by atoms with van der Waals surface area (Å²) in [5.41, 5.74) is 1.17. The molecule has 2 aliphatic rings. The third-order valence-corrected chi connectivity index (χ3v) is 4.54. The highest BCUT2D eigenvalue weighted by molar-refractivity contribution is 5.90. The number of Topliss-reactive ketones (excluding diaryl/α,β-unsaturated/α-hetero) is 1. The number of fused-ring (bicyclic) bond motifs is 2. The fourth-order valence-electron chi connectivity index (χ4n) is 3.48. The van der Waals surface area contributed by atoms with E-state index in [9.17, 15) is 9.59 Å². The molecule has 1 saturated carbocycles. The van der Waals surface area contributed by atoms with Gasteiger partial charge in [0.05, 0.1) is 6.04 Å². The van der Waals surface area contributed by atoms with Crippen molar-refractivity contribution in [3.8, 4) is 0 Å². The zero-order valence-electron chi connectivity index (χ0n) is 11.2. The average molecular weight is 257 g/mol. The normalized spacial score (nSPS) is 28.4. The van der Waals surface area contributed by atoms with Crippen molar-refractivity contribution in [3.63, 3.8) is 0 Å². The van der Waals surface area contributed by atoms with Gasteiger partial charge in [0.25, 0.3) is 0 Å². The average Bonchev–Trinajstić information content (AvgIpc) is 2.43. The Morgan fingerprint density at radius 2 is 1.95 bits per heavy atom. The summed E-state index contributed by atoms with van der Waals surface area (Å²) < 4.78 is 0. The van der Waals surface area contributed by atoms with E-state index in [0.29, 0.717) is 12.8 Å². The van der Waals surface area contributed by atoms with E-state index in [0.717, 1.165) is 12.8 Å². The van der Waals surface area contributed by atoms with Crippen LogP contribution in [0, 0.1) is 5.92 Å². The number of rotatable bonds is 2. The molecule has 3 atom stereocenters. The van der Waals surface area contributed by atoms with Crippen molar-refractivity contribution >= 4 is 11.7 Å². The molecule has 1 amide bonds. The number of hydrogen-bond acceptors (Lipinski definition) is 2. The minimum absolute atomic E-state index is 0.00882. The highest BCUT2D eigenvalue weighted by Gasteiger charge is 2.42. The molecule has 2 bridgehead atoms. The molecular formula is C16H19NO2. The lowest BCUT2D eigenvalue weighted by Gasteiger charge is -2.45. The van der Waals surface area contributed by atoms with Crippen molar-refractivity contribution in [3.05, 3.63) is 35.9 Å². The van der Waals surface area contributed by atoms with Gasteiger partial charge in [0, 0.05) is 24.8 Å². The van der Waals surface area contributed by atoms with Crippen molar-refractivity contribution in [2.75, 3.05) is 0 Å². The van der Waals surface area contributed by atoms with E-state index in [-0.39, 0.29) is 29.7 Å². The van der Waals surface area contributed by atoms with E-state index in [1.165, 1.54) is 5.56 Å². The molecule has 19 heavy (non-hydrogen) atoms. The molecule has 2 fully saturated rings. The summed E-state index contributed by atoms with van der Waals surface area (Å²) in [6.07, 6.45) is 2.74. The van der Waals surface area contributed by atoms with Crippen LogP contribution in [0.5, 0.6) is 0 Å². The second kappa shape index (κ2) is 4.80. The highest BCUT2D eigenvalue weighted by Crippen LogP contribution is 2.37. The highest BCUT2D eigenvalue weighted by atomic mass is 16.2. The zero-order valence-corrected chi connectivity index (χ0v) is 11.2. The lowest BCUT2D eigenvalue weighted by molar-refractivity contribution is -0.149. The van der Waals surface area contributed by atoms with Crippen LogP contribution in [0.2, 0.25) is 0 Å². The van der Waals surface area contributed by atoms with E-state index >= 15 is 0 Å². The van der Waals surface area contributed by atoms with Crippen LogP contribution in [0.25, 0.3) is 0 Å². The minimum atomic E-state index is -0.00882. The van der Waals surface area contributed by atoms with Gasteiger partial charge in [-0.05, 0) is 25.3 Å². The molecule has 1 saturated heterocycles. The van der Waals surface area contributed by atoms with Gasteiger partial charge in [-0.2, -0.15) is 0 Å². The molecule has 3 heteroatoms. The molecule has 100 valence electrons. The van der Waals surface area contributed by atoms with Gasteiger partial charge in [-0.3, -0.25) is 9.59 Å². The van der Waals surface area contributed by atoms with Gasteiger partial charge >= 0.3 is 0 Å². The smallest absolute Gasteiger partial charge is 0.224 e. The molecule has 1 aliphatic carbocycles. The summed E-state index contributed by atoms with van der Waals surface area (Å²) in [4.78, 5) is 26.1. The molecule has 0 unspecified atom stereocenters. The quantitative estimate of drug-likeness (QED) is 0.817. The molecule has 0 radical (unpaired) electrons. The molecule has 1 aromatic carbocycles. The predicted octanol–water partition coefficient (Wildman–Crippen LogP) is 2.72. The third-order valence-electron chi connectivity index (χ3n) is 4.54. The Labute approximate surface area is 113 Å². The van der Waals surface area contributed by atoms with Crippen molar-refractivity contribution < 1.29 is 9.59 Å². The molecule has 1 aliphatic heterocycles. The predicted molar refractivity (Wildman–Crippen MR) is 72.5 cm³/mol. The number of benzene rings is 1. The first-order valence-corrected chi connectivity index (χ1v) is 7.05. The number of carbonyl (C=O) groups is 2. The Morgan fingerprint density at radius 3 is 2.68 bits per heavy atom. The van der Waals surface area contributed by atoms with Crippen LogP contribution in [-0.4, -0.2) is 22.6 Å². The van der Waals surface area contributed by atoms with Gasteiger partial charge in [0.1, 0.15) is 5.78 Å². The van der Waals surface area contributed by atoms with Crippen LogP contribution in [0.15, 0.2) is 30.3 Å². The summed E-state index contributed by atoms with van der Waals surface area (Å²) in [5.74, 6) is 0.424. The topological polar surface area (TPSA) is 37.4 Å². The largest absolute Gasteiger partial charge is 0.333 e. The second-order valence-electron chi connectivity index (χ2n) is 5.68. The van der Waals surface area contributed by atoms with Gasteiger partial charge in [-0.1, -0.05) is 30.3 Å². The maximum Gasteiger partial charge on any atom is 0.224 e. The number of likely N-dealkylation sites (tertiary alicyclic amines) is 1.